The molecule has 0 saturated carbocycles. The van der Waals surface area contributed by atoms with Crippen LogP contribution in [0, 0.1) is 6.92 Å². The number of nitrogens with zero attached hydrogens (tertiary/aromatic N) is 2. The third-order valence-corrected chi connectivity index (χ3v) is 5.30. The van der Waals surface area contributed by atoms with Crippen molar-refractivity contribution in [3.05, 3.63) is 70.8 Å². The smallest absolute Gasteiger partial charge is 0.254 e. The van der Waals surface area contributed by atoms with E-state index >= 15 is 0 Å². The van der Waals surface area contributed by atoms with E-state index in [2.05, 4.69) is 4.99 Å². The lowest BCUT2D eigenvalue weighted by atomic mass is 9.94. The molecule has 1 atom stereocenters. The molecule has 1 amide bonds. The van der Waals surface area contributed by atoms with E-state index in [1.54, 1.807) is 7.11 Å². The molecule has 0 saturated heterocycles. The predicted octanol–water partition coefficient (Wildman–Crippen LogP) is 3.68. The fraction of sp³-hybridized carbons (Fsp3) is 0.304. The standard InChI is InChI=1S/C23H24N2O3/c1-16-4-3-5-17(12-16)23(26)25-11-10-18-13-24-14-21(18)22(25)15-28-20-8-6-19(27-2)7-9-20/h3-9,12,14,22H,10-11,13,15H2,1-2H3. The Morgan fingerprint density at radius 1 is 1.18 bits per heavy atom. The van der Waals surface area contributed by atoms with Crippen LogP contribution >= 0.6 is 0 Å². The lowest BCUT2D eigenvalue weighted by molar-refractivity contribution is 0.0647. The first-order valence-corrected chi connectivity index (χ1v) is 9.52. The molecule has 0 aromatic heterocycles. The lowest BCUT2D eigenvalue weighted by Gasteiger charge is -2.36. The number of aryl methyl sites for hydroxylation is 1. The molecule has 4 rings (SSSR count). The van der Waals surface area contributed by atoms with Gasteiger partial charge in [-0.15, -0.1) is 0 Å². The van der Waals surface area contributed by atoms with Crippen molar-refractivity contribution in [1.82, 2.24) is 4.90 Å². The highest BCUT2D eigenvalue weighted by Crippen LogP contribution is 2.29. The van der Waals surface area contributed by atoms with Gasteiger partial charge in [0.25, 0.3) is 5.91 Å². The van der Waals surface area contributed by atoms with Gasteiger partial charge in [0.2, 0.25) is 0 Å². The van der Waals surface area contributed by atoms with E-state index in [-0.39, 0.29) is 11.9 Å². The summed E-state index contributed by atoms with van der Waals surface area (Å²) < 4.78 is 11.2. The lowest BCUT2D eigenvalue weighted by Crippen LogP contribution is -2.48. The maximum absolute atomic E-state index is 13.2. The van der Waals surface area contributed by atoms with E-state index in [0.29, 0.717) is 18.7 Å². The van der Waals surface area contributed by atoms with E-state index in [4.69, 9.17) is 9.47 Å². The van der Waals surface area contributed by atoms with Crippen LogP contribution in [0.25, 0.3) is 0 Å². The largest absolute Gasteiger partial charge is 0.497 e. The van der Waals surface area contributed by atoms with E-state index in [1.807, 2.05) is 66.6 Å². The molecular weight excluding hydrogens is 352 g/mol. The van der Waals surface area contributed by atoms with Crippen LogP contribution in [0.15, 0.2) is 64.7 Å². The molecule has 0 spiro atoms. The summed E-state index contributed by atoms with van der Waals surface area (Å²) in [6.07, 6.45) is 2.78. The van der Waals surface area contributed by atoms with Gasteiger partial charge in [-0.2, -0.15) is 0 Å². The molecule has 0 fully saturated rings. The van der Waals surface area contributed by atoms with E-state index < -0.39 is 0 Å². The van der Waals surface area contributed by atoms with E-state index in [9.17, 15) is 4.79 Å². The zero-order chi connectivity index (χ0) is 19.5. The Morgan fingerprint density at radius 3 is 2.71 bits per heavy atom. The second kappa shape index (κ2) is 7.89. The molecule has 5 heteroatoms. The first kappa shape index (κ1) is 18.3. The number of carbonyl (C=O) groups is 1. The van der Waals surface area contributed by atoms with Crippen LogP contribution in [0.3, 0.4) is 0 Å². The van der Waals surface area contributed by atoms with Gasteiger partial charge in [0, 0.05) is 18.3 Å². The maximum Gasteiger partial charge on any atom is 0.254 e. The molecule has 2 aromatic rings. The summed E-state index contributed by atoms with van der Waals surface area (Å²) in [5.41, 5.74) is 4.24. The molecule has 144 valence electrons. The van der Waals surface area contributed by atoms with Gasteiger partial charge in [-0.25, -0.2) is 0 Å². The molecule has 2 heterocycles. The minimum atomic E-state index is -0.134. The number of benzene rings is 2. The highest BCUT2D eigenvalue weighted by atomic mass is 16.5. The fourth-order valence-electron chi connectivity index (χ4n) is 3.77. The van der Waals surface area contributed by atoms with Crippen LogP contribution in [0.2, 0.25) is 0 Å². The number of methoxy groups -OCH3 is 1. The zero-order valence-corrected chi connectivity index (χ0v) is 16.2. The second-order valence-corrected chi connectivity index (χ2v) is 7.15. The topological polar surface area (TPSA) is 51.1 Å². The minimum absolute atomic E-state index is 0.0406. The summed E-state index contributed by atoms with van der Waals surface area (Å²) in [6.45, 7) is 3.82. The third kappa shape index (κ3) is 3.65. The maximum atomic E-state index is 13.2. The highest BCUT2D eigenvalue weighted by molar-refractivity contribution is 5.96. The Morgan fingerprint density at radius 2 is 1.96 bits per heavy atom. The third-order valence-electron chi connectivity index (χ3n) is 5.30. The molecular formula is C23H24N2O3. The van der Waals surface area contributed by atoms with Gasteiger partial charge in [-0.1, -0.05) is 17.7 Å². The van der Waals surface area contributed by atoms with E-state index in [0.717, 1.165) is 35.6 Å². The number of aliphatic imine (C=N–C) groups is 1. The summed E-state index contributed by atoms with van der Waals surface area (Å²) in [6, 6.07) is 15.1. The Bertz CT molecular complexity index is 931. The average molecular weight is 376 g/mol. The van der Waals surface area contributed by atoms with Crippen molar-refractivity contribution < 1.29 is 14.3 Å². The van der Waals surface area contributed by atoms with Crippen molar-refractivity contribution in [2.24, 2.45) is 4.99 Å². The van der Waals surface area contributed by atoms with Gasteiger partial charge < -0.3 is 14.4 Å². The molecule has 2 aromatic carbocycles. The Balaban J connectivity index is 1.56. The van der Waals surface area contributed by atoms with Crippen molar-refractivity contribution in [1.29, 1.82) is 0 Å². The minimum Gasteiger partial charge on any atom is -0.497 e. The Kier molecular flexibility index (Phi) is 5.15. The van der Waals surface area contributed by atoms with Gasteiger partial charge >= 0.3 is 0 Å². The quantitative estimate of drug-likeness (QED) is 0.800. The first-order chi connectivity index (χ1) is 13.7. The molecule has 0 N–H and O–H groups in total. The predicted molar refractivity (Wildman–Crippen MR) is 109 cm³/mol. The van der Waals surface area contributed by atoms with E-state index in [1.165, 1.54) is 5.57 Å². The van der Waals surface area contributed by atoms with Crippen LogP contribution in [-0.4, -0.2) is 49.9 Å². The van der Waals surface area contributed by atoms with Crippen molar-refractivity contribution in [2.45, 2.75) is 19.4 Å². The zero-order valence-electron chi connectivity index (χ0n) is 16.2. The average Bonchev–Trinajstić information content (AvgIpc) is 3.21. The Labute approximate surface area is 165 Å². The number of amides is 1. The molecule has 28 heavy (non-hydrogen) atoms. The van der Waals surface area contributed by atoms with Crippen molar-refractivity contribution >= 4 is 12.1 Å². The molecule has 2 aliphatic rings. The van der Waals surface area contributed by atoms with Crippen LogP contribution < -0.4 is 9.47 Å². The summed E-state index contributed by atoms with van der Waals surface area (Å²) in [4.78, 5) is 19.6. The molecule has 0 aliphatic carbocycles. The highest BCUT2D eigenvalue weighted by Gasteiger charge is 2.34. The van der Waals surface area contributed by atoms with Crippen molar-refractivity contribution in [3.8, 4) is 11.5 Å². The molecule has 0 bridgehead atoms. The summed E-state index contributed by atoms with van der Waals surface area (Å²) in [5, 5.41) is 0. The number of rotatable bonds is 5. The summed E-state index contributed by atoms with van der Waals surface area (Å²) >= 11 is 0. The van der Waals surface area contributed by atoms with Gasteiger partial charge in [0.15, 0.2) is 0 Å². The van der Waals surface area contributed by atoms with Gasteiger partial charge in [0.1, 0.15) is 18.1 Å². The van der Waals surface area contributed by atoms with Gasteiger partial charge in [-0.3, -0.25) is 9.79 Å². The van der Waals surface area contributed by atoms with Crippen molar-refractivity contribution in [2.75, 3.05) is 26.8 Å². The van der Waals surface area contributed by atoms with Crippen molar-refractivity contribution in [3.63, 3.8) is 0 Å². The summed E-state index contributed by atoms with van der Waals surface area (Å²) in [7, 11) is 1.64. The molecule has 1 unspecified atom stereocenters. The monoisotopic (exact) mass is 376 g/mol. The van der Waals surface area contributed by atoms with Crippen LogP contribution in [0.1, 0.15) is 22.3 Å². The molecule has 5 nitrogen and oxygen atoms in total. The van der Waals surface area contributed by atoms with Crippen LogP contribution in [-0.2, 0) is 0 Å². The number of ether oxygens (including phenoxy) is 2. The summed E-state index contributed by atoms with van der Waals surface area (Å²) in [5.74, 6) is 1.58. The molecule has 2 aliphatic heterocycles. The Hall–Kier alpha value is -3.08. The van der Waals surface area contributed by atoms with Crippen LogP contribution in [0.5, 0.6) is 11.5 Å². The van der Waals surface area contributed by atoms with Gasteiger partial charge in [0.05, 0.1) is 19.7 Å². The number of hydrogen-bond acceptors (Lipinski definition) is 4. The molecule has 0 radical (unpaired) electrons. The number of carbonyl (C=O) groups excluding carboxylic acids is 1. The number of hydrogen-bond donors (Lipinski definition) is 0. The first-order valence-electron chi connectivity index (χ1n) is 9.52. The normalized spacial score (nSPS) is 18.2. The second-order valence-electron chi connectivity index (χ2n) is 7.15. The van der Waals surface area contributed by atoms with Crippen LogP contribution in [0.4, 0.5) is 0 Å². The van der Waals surface area contributed by atoms with Gasteiger partial charge in [-0.05, 0) is 60.9 Å². The SMILES string of the molecule is COc1ccc(OCC2C3=C(CCN2C(=O)c2cccc(C)c2)CN=C3)cc1. The fourth-order valence-corrected chi connectivity index (χ4v) is 3.77.